The molecule has 0 radical (unpaired) electrons. The third kappa shape index (κ3) is 4.74. The van der Waals surface area contributed by atoms with Gasteiger partial charge < -0.3 is 19.8 Å². The highest BCUT2D eigenvalue weighted by atomic mass is 32.1. The predicted molar refractivity (Wildman–Crippen MR) is 82.2 cm³/mol. The van der Waals surface area contributed by atoms with E-state index in [-0.39, 0.29) is 6.61 Å². The second kappa shape index (κ2) is 7.31. The maximum absolute atomic E-state index is 9.85. The quantitative estimate of drug-likeness (QED) is 0.743. The van der Waals surface area contributed by atoms with Crippen molar-refractivity contribution in [1.82, 2.24) is 13.6 Å². The summed E-state index contributed by atoms with van der Waals surface area (Å²) in [7, 11) is 2.06. The van der Waals surface area contributed by atoms with Gasteiger partial charge in [-0.05, 0) is 25.5 Å². The fraction of sp³-hybridized carbons (Fsp3) is 0.714. The van der Waals surface area contributed by atoms with Crippen molar-refractivity contribution in [3.8, 4) is 5.88 Å². The molecule has 1 aliphatic rings. The van der Waals surface area contributed by atoms with Gasteiger partial charge in [-0.15, -0.1) is 4.37 Å². The summed E-state index contributed by atoms with van der Waals surface area (Å²) in [6.07, 6.45) is 5.07. The SMILES string of the molecule is CCCCC(O)(O)COc1nsnc1C1=CCCN(C)C1. The van der Waals surface area contributed by atoms with Gasteiger partial charge in [-0.25, -0.2) is 0 Å². The van der Waals surface area contributed by atoms with E-state index in [1.807, 2.05) is 6.92 Å². The number of hydrogen-bond donors (Lipinski definition) is 2. The van der Waals surface area contributed by atoms with Crippen LogP contribution in [0.15, 0.2) is 6.08 Å². The number of likely N-dealkylation sites (N-methyl/N-ethyl adjacent to an activating group) is 1. The van der Waals surface area contributed by atoms with Crippen LogP contribution in [0.1, 0.15) is 38.3 Å². The predicted octanol–water partition coefficient (Wildman–Crippen LogP) is 1.51. The van der Waals surface area contributed by atoms with Gasteiger partial charge in [0.15, 0.2) is 5.79 Å². The number of nitrogens with zero attached hydrogens (tertiary/aromatic N) is 3. The van der Waals surface area contributed by atoms with E-state index in [9.17, 15) is 10.2 Å². The van der Waals surface area contributed by atoms with Crippen LogP contribution in [-0.2, 0) is 0 Å². The van der Waals surface area contributed by atoms with E-state index in [1.165, 1.54) is 0 Å². The zero-order valence-electron chi connectivity index (χ0n) is 12.6. The van der Waals surface area contributed by atoms with Crippen molar-refractivity contribution < 1.29 is 14.9 Å². The van der Waals surface area contributed by atoms with Crippen molar-refractivity contribution in [3.05, 3.63) is 11.8 Å². The van der Waals surface area contributed by atoms with Crippen molar-refractivity contribution in [3.63, 3.8) is 0 Å². The second-order valence-corrected chi connectivity index (χ2v) is 6.08. The molecule has 6 nitrogen and oxygen atoms in total. The van der Waals surface area contributed by atoms with E-state index in [4.69, 9.17) is 4.74 Å². The molecule has 0 aromatic carbocycles. The van der Waals surface area contributed by atoms with Gasteiger partial charge in [0.05, 0.1) is 11.7 Å². The average molecular weight is 313 g/mol. The molecule has 21 heavy (non-hydrogen) atoms. The normalized spacial score (nSPS) is 16.9. The molecule has 1 aromatic rings. The highest BCUT2D eigenvalue weighted by Crippen LogP contribution is 2.27. The third-order valence-electron chi connectivity index (χ3n) is 3.48. The number of unbranched alkanes of at least 4 members (excludes halogenated alkanes) is 1. The van der Waals surface area contributed by atoms with Crippen LogP contribution in [0.5, 0.6) is 5.88 Å². The summed E-state index contributed by atoms with van der Waals surface area (Å²) < 4.78 is 13.9. The molecule has 0 amide bonds. The molecule has 0 fully saturated rings. The molecule has 2 heterocycles. The molecule has 0 aliphatic carbocycles. The Morgan fingerprint density at radius 3 is 2.95 bits per heavy atom. The lowest BCUT2D eigenvalue weighted by Crippen LogP contribution is -2.35. The Morgan fingerprint density at radius 1 is 1.43 bits per heavy atom. The molecule has 0 saturated carbocycles. The maximum atomic E-state index is 9.85. The summed E-state index contributed by atoms with van der Waals surface area (Å²) in [6, 6.07) is 0. The van der Waals surface area contributed by atoms with Gasteiger partial charge in [0, 0.05) is 19.5 Å². The molecule has 0 saturated heterocycles. The number of aliphatic hydroxyl groups is 2. The monoisotopic (exact) mass is 313 g/mol. The minimum absolute atomic E-state index is 0.186. The van der Waals surface area contributed by atoms with Gasteiger partial charge in [-0.2, -0.15) is 4.37 Å². The fourth-order valence-corrected chi connectivity index (χ4v) is 2.78. The Hall–Kier alpha value is -1.02. The minimum Gasteiger partial charge on any atom is -0.470 e. The Kier molecular flexibility index (Phi) is 5.69. The van der Waals surface area contributed by atoms with E-state index in [0.717, 1.165) is 55.3 Å². The molecular weight excluding hydrogens is 290 g/mol. The van der Waals surface area contributed by atoms with Crippen LogP contribution in [0.3, 0.4) is 0 Å². The van der Waals surface area contributed by atoms with E-state index in [2.05, 4.69) is 26.8 Å². The van der Waals surface area contributed by atoms with Crippen LogP contribution >= 0.6 is 11.7 Å². The fourth-order valence-electron chi connectivity index (χ4n) is 2.25. The van der Waals surface area contributed by atoms with Crippen LogP contribution in [-0.4, -0.2) is 56.4 Å². The van der Waals surface area contributed by atoms with E-state index in [1.54, 1.807) is 0 Å². The Bertz CT molecular complexity index is 488. The first-order valence-corrected chi connectivity index (χ1v) is 8.03. The van der Waals surface area contributed by atoms with Crippen molar-refractivity contribution in [2.24, 2.45) is 0 Å². The molecule has 1 aliphatic heterocycles. The molecule has 0 unspecified atom stereocenters. The van der Waals surface area contributed by atoms with Crippen molar-refractivity contribution in [2.75, 3.05) is 26.7 Å². The van der Waals surface area contributed by atoms with Crippen molar-refractivity contribution >= 4 is 17.3 Å². The van der Waals surface area contributed by atoms with Gasteiger partial charge in [-0.1, -0.05) is 19.4 Å². The second-order valence-electron chi connectivity index (χ2n) is 5.55. The standard InChI is InChI=1S/C14H23N3O3S/c1-3-4-7-14(18,19)10-20-13-12(15-21-16-13)11-6-5-8-17(2)9-11/h6,18-19H,3-5,7-10H2,1-2H3. The molecule has 2 rings (SSSR count). The topological polar surface area (TPSA) is 78.7 Å². The Balaban J connectivity index is 1.99. The maximum Gasteiger partial charge on any atom is 0.253 e. The van der Waals surface area contributed by atoms with Crippen LogP contribution in [0, 0.1) is 0 Å². The summed E-state index contributed by atoms with van der Waals surface area (Å²) in [5, 5.41) is 19.7. The Morgan fingerprint density at radius 2 is 2.24 bits per heavy atom. The Labute approximate surface area is 129 Å². The average Bonchev–Trinajstić information content (AvgIpc) is 2.92. The molecular formula is C14H23N3O3S. The van der Waals surface area contributed by atoms with Gasteiger partial charge in [0.25, 0.3) is 5.88 Å². The zero-order valence-corrected chi connectivity index (χ0v) is 13.4. The summed E-state index contributed by atoms with van der Waals surface area (Å²) in [6.45, 7) is 3.66. The van der Waals surface area contributed by atoms with Crippen LogP contribution in [0.2, 0.25) is 0 Å². The molecule has 118 valence electrons. The van der Waals surface area contributed by atoms with Crippen LogP contribution < -0.4 is 4.74 Å². The number of rotatable bonds is 7. The molecule has 0 spiro atoms. The number of aromatic nitrogens is 2. The summed E-state index contributed by atoms with van der Waals surface area (Å²) in [4.78, 5) is 2.21. The highest BCUT2D eigenvalue weighted by Gasteiger charge is 2.26. The first kappa shape index (κ1) is 16.4. The van der Waals surface area contributed by atoms with Crippen LogP contribution in [0.25, 0.3) is 5.57 Å². The molecule has 0 bridgehead atoms. The third-order valence-corrected chi connectivity index (χ3v) is 3.99. The largest absolute Gasteiger partial charge is 0.470 e. The van der Waals surface area contributed by atoms with E-state index < -0.39 is 5.79 Å². The highest BCUT2D eigenvalue weighted by molar-refractivity contribution is 6.99. The van der Waals surface area contributed by atoms with E-state index >= 15 is 0 Å². The molecule has 2 N–H and O–H groups in total. The lowest BCUT2D eigenvalue weighted by atomic mass is 10.1. The smallest absolute Gasteiger partial charge is 0.253 e. The lowest BCUT2D eigenvalue weighted by Gasteiger charge is -2.23. The summed E-state index contributed by atoms with van der Waals surface area (Å²) in [5.74, 6) is -1.42. The lowest BCUT2D eigenvalue weighted by molar-refractivity contribution is -0.186. The molecule has 0 atom stereocenters. The van der Waals surface area contributed by atoms with E-state index in [0.29, 0.717) is 12.3 Å². The van der Waals surface area contributed by atoms with Gasteiger partial charge >= 0.3 is 0 Å². The number of ether oxygens (including phenoxy) is 1. The zero-order chi connectivity index (χ0) is 15.3. The van der Waals surface area contributed by atoms with Crippen molar-refractivity contribution in [2.45, 2.75) is 38.4 Å². The molecule has 7 heteroatoms. The van der Waals surface area contributed by atoms with Crippen LogP contribution in [0.4, 0.5) is 0 Å². The van der Waals surface area contributed by atoms with Gasteiger partial charge in [-0.3, -0.25) is 0 Å². The van der Waals surface area contributed by atoms with Gasteiger partial charge in [0.2, 0.25) is 0 Å². The first-order chi connectivity index (χ1) is 10.0. The minimum atomic E-state index is -1.81. The summed E-state index contributed by atoms with van der Waals surface area (Å²) in [5.41, 5.74) is 1.81. The summed E-state index contributed by atoms with van der Waals surface area (Å²) >= 11 is 1.08. The van der Waals surface area contributed by atoms with Crippen molar-refractivity contribution in [1.29, 1.82) is 0 Å². The van der Waals surface area contributed by atoms with Gasteiger partial charge in [0.1, 0.15) is 12.3 Å². The number of hydrogen-bond acceptors (Lipinski definition) is 7. The molecule has 1 aromatic heterocycles. The first-order valence-electron chi connectivity index (χ1n) is 7.30.